The summed E-state index contributed by atoms with van der Waals surface area (Å²) in [6.45, 7) is 0. The predicted molar refractivity (Wildman–Crippen MR) is 155 cm³/mol. The Kier molecular flexibility index (Phi) is 4.26. The molecular weight excluding hydrogens is 450 g/mol. The van der Waals surface area contributed by atoms with E-state index in [2.05, 4.69) is 109 Å². The minimum absolute atomic E-state index is 0.681. The first kappa shape index (κ1) is 20.3. The predicted octanol–water partition coefficient (Wildman–Crippen LogP) is 9.77. The summed E-state index contributed by atoms with van der Waals surface area (Å²) in [6.07, 6.45) is 0. The first-order valence-corrected chi connectivity index (χ1v) is 12.6. The molecule has 8 aromatic rings. The molecule has 0 atom stereocenters. The third-order valence-corrected chi connectivity index (χ3v) is 7.45. The topological polar surface area (TPSA) is 26.0 Å². The number of para-hydroxylation sites is 1. The number of benzene rings is 6. The van der Waals surface area contributed by atoms with Gasteiger partial charge in [-0.05, 0) is 68.1 Å². The lowest BCUT2D eigenvalue weighted by Gasteiger charge is -2.17. The average Bonchev–Trinajstić information content (AvgIpc) is 3.31. The van der Waals surface area contributed by atoms with Gasteiger partial charge in [-0.25, -0.2) is 4.98 Å². The molecular formula is C35H21NO. The number of rotatable bonds is 2. The van der Waals surface area contributed by atoms with Crippen LogP contribution in [0.4, 0.5) is 0 Å². The Morgan fingerprint density at radius 2 is 1.03 bits per heavy atom. The van der Waals surface area contributed by atoms with Crippen molar-refractivity contribution in [2.75, 3.05) is 0 Å². The number of nitrogens with zero attached hydrogens (tertiary/aromatic N) is 1. The van der Waals surface area contributed by atoms with Gasteiger partial charge in [0.25, 0.3) is 0 Å². The first-order valence-electron chi connectivity index (χ1n) is 12.6. The average molecular weight is 472 g/mol. The lowest BCUT2D eigenvalue weighted by Crippen LogP contribution is -1.90. The van der Waals surface area contributed by atoms with E-state index >= 15 is 0 Å². The number of fused-ring (bicyclic) bond motifs is 6. The van der Waals surface area contributed by atoms with Crippen molar-refractivity contribution in [3.8, 4) is 22.3 Å². The van der Waals surface area contributed by atoms with Gasteiger partial charge in [0.05, 0.1) is 5.52 Å². The van der Waals surface area contributed by atoms with E-state index < -0.39 is 0 Å². The standard InChI is InChI=1S/C35H21NO/c1-2-10-22(11-3-1)33-26-13-5-7-15-28(26)34(29-16-8-6-14-27(29)33)24-18-19-25-30-20-23-12-4-9-17-31(23)36-35(30)37-32(25)21-24/h1-21H. The third kappa shape index (κ3) is 3.03. The highest BCUT2D eigenvalue weighted by molar-refractivity contribution is 6.22. The summed E-state index contributed by atoms with van der Waals surface area (Å²) in [4.78, 5) is 4.80. The van der Waals surface area contributed by atoms with Gasteiger partial charge in [-0.1, -0.05) is 103 Å². The maximum Gasteiger partial charge on any atom is 0.227 e. The third-order valence-electron chi connectivity index (χ3n) is 7.45. The number of furan rings is 1. The lowest BCUT2D eigenvalue weighted by molar-refractivity contribution is 0.656. The lowest BCUT2D eigenvalue weighted by atomic mass is 9.86. The molecule has 37 heavy (non-hydrogen) atoms. The second-order valence-corrected chi connectivity index (χ2v) is 9.55. The van der Waals surface area contributed by atoms with Crippen LogP contribution in [0.25, 0.3) is 76.8 Å². The van der Waals surface area contributed by atoms with Gasteiger partial charge in [0.1, 0.15) is 5.58 Å². The number of pyridine rings is 1. The molecule has 0 aliphatic rings. The van der Waals surface area contributed by atoms with Crippen LogP contribution in [0.5, 0.6) is 0 Å². The molecule has 0 saturated carbocycles. The maximum atomic E-state index is 6.33. The highest BCUT2D eigenvalue weighted by Gasteiger charge is 2.18. The largest absolute Gasteiger partial charge is 0.438 e. The zero-order valence-corrected chi connectivity index (χ0v) is 20.0. The van der Waals surface area contributed by atoms with Gasteiger partial charge < -0.3 is 4.42 Å². The fourth-order valence-corrected chi connectivity index (χ4v) is 5.81. The van der Waals surface area contributed by atoms with Crippen LogP contribution in [-0.4, -0.2) is 4.98 Å². The Morgan fingerprint density at radius 1 is 0.432 bits per heavy atom. The highest BCUT2D eigenvalue weighted by atomic mass is 16.3. The summed E-state index contributed by atoms with van der Waals surface area (Å²) in [7, 11) is 0. The molecule has 0 amide bonds. The SMILES string of the molecule is c1ccc(-c2c3ccccc3c(-c3ccc4c(c3)oc3nc5ccccc5cc34)c3ccccc23)cc1. The molecule has 0 aliphatic carbocycles. The second-order valence-electron chi connectivity index (χ2n) is 9.55. The van der Waals surface area contributed by atoms with Crippen LogP contribution in [-0.2, 0) is 0 Å². The van der Waals surface area contributed by atoms with E-state index in [0.29, 0.717) is 5.71 Å². The first-order chi connectivity index (χ1) is 18.3. The van der Waals surface area contributed by atoms with Crippen molar-refractivity contribution in [1.29, 1.82) is 0 Å². The van der Waals surface area contributed by atoms with Crippen molar-refractivity contribution in [2.45, 2.75) is 0 Å². The maximum absolute atomic E-state index is 6.33. The van der Waals surface area contributed by atoms with Gasteiger partial charge >= 0.3 is 0 Å². The quantitative estimate of drug-likeness (QED) is 0.235. The Bertz CT molecular complexity index is 2080. The van der Waals surface area contributed by atoms with E-state index in [1.807, 2.05) is 18.2 Å². The molecule has 0 saturated heterocycles. The van der Waals surface area contributed by atoms with E-state index in [0.717, 1.165) is 32.8 Å². The fourth-order valence-electron chi connectivity index (χ4n) is 5.81. The van der Waals surface area contributed by atoms with E-state index in [4.69, 9.17) is 9.40 Å². The summed E-state index contributed by atoms with van der Waals surface area (Å²) < 4.78 is 6.33. The zero-order valence-electron chi connectivity index (χ0n) is 20.0. The van der Waals surface area contributed by atoms with Crippen LogP contribution < -0.4 is 0 Å². The van der Waals surface area contributed by atoms with Crippen molar-refractivity contribution >= 4 is 54.5 Å². The van der Waals surface area contributed by atoms with Crippen LogP contribution >= 0.6 is 0 Å². The van der Waals surface area contributed by atoms with Crippen LogP contribution in [0.1, 0.15) is 0 Å². The minimum Gasteiger partial charge on any atom is -0.438 e. The van der Waals surface area contributed by atoms with Gasteiger partial charge in [-0.2, -0.15) is 0 Å². The van der Waals surface area contributed by atoms with Crippen molar-refractivity contribution in [3.05, 3.63) is 127 Å². The normalized spacial score (nSPS) is 11.8. The van der Waals surface area contributed by atoms with Gasteiger partial charge in [0.2, 0.25) is 5.71 Å². The summed E-state index contributed by atoms with van der Waals surface area (Å²) in [5.41, 5.74) is 7.36. The molecule has 0 radical (unpaired) electrons. The Balaban J connectivity index is 1.45. The van der Waals surface area contributed by atoms with E-state index in [1.165, 1.54) is 38.2 Å². The monoisotopic (exact) mass is 471 g/mol. The molecule has 6 aromatic carbocycles. The van der Waals surface area contributed by atoms with E-state index in [1.54, 1.807) is 0 Å². The molecule has 8 rings (SSSR count). The van der Waals surface area contributed by atoms with E-state index in [-0.39, 0.29) is 0 Å². The van der Waals surface area contributed by atoms with Crippen LogP contribution in [0.15, 0.2) is 132 Å². The number of hydrogen-bond acceptors (Lipinski definition) is 2. The highest BCUT2D eigenvalue weighted by Crippen LogP contribution is 2.44. The molecule has 2 heterocycles. The second kappa shape index (κ2) is 7.78. The zero-order chi connectivity index (χ0) is 24.3. The van der Waals surface area contributed by atoms with Gasteiger partial charge in [-0.3, -0.25) is 0 Å². The van der Waals surface area contributed by atoms with Crippen LogP contribution in [0.3, 0.4) is 0 Å². The Hall–Kier alpha value is -4.95. The summed E-state index contributed by atoms with van der Waals surface area (Å²) >= 11 is 0. The smallest absolute Gasteiger partial charge is 0.227 e. The van der Waals surface area contributed by atoms with Gasteiger partial charge in [0, 0.05) is 16.2 Å². The number of hydrogen-bond donors (Lipinski definition) is 0. The van der Waals surface area contributed by atoms with Crippen molar-refractivity contribution < 1.29 is 4.42 Å². The molecule has 172 valence electrons. The Labute approximate surface area is 213 Å². The summed E-state index contributed by atoms with van der Waals surface area (Å²) in [5.74, 6) is 0. The van der Waals surface area contributed by atoms with Crippen LogP contribution in [0, 0.1) is 0 Å². The molecule has 2 nitrogen and oxygen atoms in total. The molecule has 2 aromatic heterocycles. The van der Waals surface area contributed by atoms with Gasteiger partial charge in [0.15, 0.2) is 0 Å². The minimum atomic E-state index is 0.681. The van der Waals surface area contributed by atoms with Gasteiger partial charge in [-0.15, -0.1) is 0 Å². The molecule has 0 spiro atoms. The molecule has 0 unspecified atom stereocenters. The van der Waals surface area contributed by atoms with E-state index in [9.17, 15) is 0 Å². The van der Waals surface area contributed by atoms with Crippen molar-refractivity contribution in [2.24, 2.45) is 0 Å². The molecule has 2 heteroatoms. The molecule has 0 aliphatic heterocycles. The van der Waals surface area contributed by atoms with Crippen molar-refractivity contribution in [3.63, 3.8) is 0 Å². The number of aromatic nitrogens is 1. The molecule has 0 N–H and O–H groups in total. The van der Waals surface area contributed by atoms with Crippen LogP contribution in [0.2, 0.25) is 0 Å². The molecule has 0 fully saturated rings. The fraction of sp³-hybridized carbons (Fsp3) is 0. The summed E-state index contributed by atoms with van der Waals surface area (Å²) in [5, 5.41) is 8.23. The molecule has 0 bridgehead atoms. The summed E-state index contributed by atoms with van der Waals surface area (Å²) in [6, 6.07) is 45.1. The van der Waals surface area contributed by atoms with Crippen molar-refractivity contribution in [1.82, 2.24) is 4.98 Å². The Morgan fingerprint density at radius 3 is 1.73 bits per heavy atom.